The average Bonchev–Trinajstić information content (AvgIpc) is 3.41. The van der Waals surface area contributed by atoms with Crippen molar-refractivity contribution in [2.24, 2.45) is 7.05 Å². The summed E-state index contributed by atoms with van der Waals surface area (Å²) in [4.78, 5) is 41.3. The monoisotopic (exact) mass is 598 g/mol. The fourth-order valence-corrected chi connectivity index (χ4v) is 7.04. The summed E-state index contributed by atoms with van der Waals surface area (Å²) in [5.74, 6) is -1.07. The van der Waals surface area contributed by atoms with E-state index in [1.807, 2.05) is 60.7 Å². The first-order chi connectivity index (χ1) is 19.4. The number of thiol groups is 1. The number of tetrazole rings is 1. The fraction of sp³-hybridized carbons (Fsp3) is 0.308. The molecule has 1 saturated heterocycles. The van der Waals surface area contributed by atoms with Crippen molar-refractivity contribution in [3.8, 4) is 0 Å². The van der Waals surface area contributed by atoms with Crippen molar-refractivity contribution in [1.82, 2.24) is 30.4 Å². The number of nitrogens with zero attached hydrogens (tertiary/aromatic N) is 5. The number of methoxy groups -OCH3 is 1. The Bertz CT molecular complexity index is 1400. The van der Waals surface area contributed by atoms with Crippen LogP contribution in [-0.4, -0.2) is 78.4 Å². The van der Waals surface area contributed by atoms with Crippen molar-refractivity contribution in [2.45, 2.75) is 22.4 Å². The van der Waals surface area contributed by atoms with E-state index >= 15 is 0 Å². The summed E-state index contributed by atoms with van der Waals surface area (Å²) >= 11 is 6.74. The number of benzene rings is 2. The maximum Gasteiger partial charge on any atom is 0.356 e. The van der Waals surface area contributed by atoms with E-state index in [2.05, 4.69) is 33.5 Å². The van der Waals surface area contributed by atoms with Crippen LogP contribution in [-0.2, 0) is 30.9 Å². The van der Waals surface area contributed by atoms with Crippen molar-refractivity contribution >= 4 is 53.9 Å². The van der Waals surface area contributed by atoms with Gasteiger partial charge in [-0.05, 0) is 27.1 Å². The number of thioether (sulfide) groups is 2. The standard InChI is InChI=1S/C26H26N6O5S3/c1-31-25(28-29-30-31)40-15-18-14-39-24-26(36-2,27-19(33)13-38)23(35)32(24)20(18)22(34)37-21(16-9-5-3-6-10-16)17-11-7-4-8-12-17/h3-12,21,24,38H,13-15H2,1-2H3,(H,27,33)/t24?,26-/m0/s1. The lowest BCUT2D eigenvalue weighted by atomic mass is 9.98. The Labute approximate surface area is 244 Å². The Kier molecular flexibility index (Phi) is 8.49. The SMILES string of the molecule is CO[C@@]1(NC(=O)CS)C(=O)N2C(C(=O)OC(c3ccccc3)c3ccccc3)=C(CSc3nnnn3C)CSC21. The number of esters is 1. The van der Waals surface area contributed by atoms with Gasteiger partial charge in [0.05, 0.1) is 5.75 Å². The summed E-state index contributed by atoms with van der Waals surface area (Å²) in [6, 6.07) is 18.8. The van der Waals surface area contributed by atoms with Gasteiger partial charge in [0.25, 0.3) is 11.6 Å². The van der Waals surface area contributed by atoms with Crippen LogP contribution in [0.3, 0.4) is 0 Å². The Morgan fingerprint density at radius 2 is 1.82 bits per heavy atom. The molecule has 0 radical (unpaired) electrons. The molecule has 2 atom stereocenters. The molecule has 3 aromatic rings. The lowest BCUT2D eigenvalue weighted by Gasteiger charge is -2.56. The van der Waals surface area contributed by atoms with Crippen LogP contribution >= 0.6 is 36.2 Å². The number of rotatable bonds is 10. The largest absolute Gasteiger partial charge is 0.448 e. The maximum atomic E-state index is 14.0. The second kappa shape index (κ2) is 12.0. The average molecular weight is 599 g/mol. The van der Waals surface area contributed by atoms with Gasteiger partial charge in [-0.2, -0.15) is 12.6 Å². The minimum absolute atomic E-state index is 0.121. The molecule has 1 N–H and O–H groups in total. The van der Waals surface area contributed by atoms with Gasteiger partial charge in [0.1, 0.15) is 11.1 Å². The van der Waals surface area contributed by atoms with Gasteiger partial charge >= 0.3 is 5.97 Å². The van der Waals surface area contributed by atoms with Crippen molar-refractivity contribution in [2.75, 3.05) is 24.4 Å². The van der Waals surface area contributed by atoms with Gasteiger partial charge in [0.15, 0.2) is 6.10 Å². The number of aryl methyl sites for hydroxylation is 1. The predicted molar refractivity (Wildman–Crippen MR) is 152 cm³/mol. The molecule has 2 aliphatic rings. The zero-order valence-electron chi connectivity index (χ0n) is 21.6. The molecule has 0 spiro atoms. The summed E-state index contributed by atoms with van der Waals surface area (Å²) in [6.45, 7) is 0. The van der Waals surface area contributed by atoms with Gasteiger partial charge in [-0.25, -0.2) is 9.48 Å². The van der Waals surface area contributed by atoms with Crippen LogP contribution in [0.4, 0.5) is 0 Å². The van der Waals surface area contributed by atoms with E-state index in [-0.39, 0.29) is 11.4 Å². The van der Waals surface area contributed by atoms with Crippen molar-refractivity contribution < 1.29 is 23.9 Å². The first-order valence-corrected chi connectivity index (χ1v) is 14.9. The molecule has 5 rings (SSSR count). The first kappa shape index (κ1) is 28.2. The lowest BCUT2D eigenvalue weighted by Crippen LogP contribution is -2.80. The topological polar surface area (TPSA) is 129 Å². The fourth-order valence-electron chi connectivity index (χ4n) is 4.53. The Morgan fingerprint density at radius 1 is 1.18 bits per heavy atom. The number of fused-ring (bicyclic) bond motifs is 1. The molecule has 1 unspecified atom stereocenters. The van der Waals surface area contributed by atoms with E-state index in [0.717, 1.165) is 11.1 Å². The highest BCUT2D eigenvalue weighted by Gasteiger charge is 2.66. The maximum absolute atomic E-state index is 14.0. The second-order valence-corrected chi connectivity index (χ2v) is 11.2. The molecule has 0 saturated carbocycles. The first-order valence-electron chi connectivity index (χ1n) is 12.2. The van der Waals surface area contributed by atoms with Gasteiger partial charge in [-0.1, -0.05) is 72.4 Å². The normalized spacial score (nSPS) is 20.2. The summed E-state index contributed by atoms with van der Waals surface area (Å²) in [7, 11) is 3.07. The van der Waals surface area contributed by atoms with E-state index in [9.17, 15) is 14.4 Å². The molecule has 208 valence electrons. The molecule has 1 aromatic heterocycles. The number of hydrogen-bond donors (Lipinski definition) is 2. The molecular weight excluding hydrogens is 573 g/mol. The van der Waals surface area contributed by atoms with Crippen LogP contribution < -0.4 is 5.32 Å². The van der Waals surface area contributed by atoms with E-state index in [4.69, 9.17) is 9.47 Å². The zero-order chi connectivity index (χ0) is 28.3. The number of aromatic nitrogens is 4. The molecule has 2 aromatic carbocycles. The van der Waals surface area contributed by atoms with Gasteiger partial charge < -0.3 is 14.8 Å². The smallest absolute Gasteiger partial charge is 0.356 e. The lowest BCUT2D eigenvalue weighted by molar-refractivity contribution is -0.192. The van der Waals surface area contributed by atoms with Gasteiger partial charge in [0, 0.05) is 25.7 Å². The summed E-state index contributed by atoms with van der Waals surface area (Å²) < 4.78 is 13.2. The predicted octanol–water partition coefficient (Wildman–Crippen LogP) is 2.19. The third-order valence-corrected chi connectivity index (χ3v) is 9.24. The van der Waals surface area contributed by atoms with Gasteiger partial charge in [-0.15, -0.1) is 16.9 Å². The second-order valence-electron chi connectivity index (χ2n) is 8.92. The van der Waals surface area contributed by atoms with Crippen LogP contribution in [0.5, 0.6) is 0 Å². The summed E-state index contributed by atoms with van der Waals surface area (Å²) in [6.07, 6.45) is -0.709. The molecule has 11 nitrogen and oxygen atoms in total. The van der Waals surface area contributed by atoms with Crippen molar-refractivity contribution in [3.05, 3.63) is 83.1 Å². The van der Waals surface area contributed by atoms with Gasteiger partial charge in [0.2, 0.25) is 11.1 Å². The van der Waals surface area contributed by atoms with Crippen molar-refractivity contribution in [3.63, 3.8) is 0 Å². The molecule has 0 bridgehead atoms. The zero-order valence-corrected chi connectivity index (χ0v) is 24.1. The number of hydrogen-bond acceptors (Lipinski definition) is 11. The van der Waals surface area contributed by atoms with Crippen LogP contribution in [0.15, 0.2) is 77.1 Å². The third kappa shape index (κ3) is 5.23. The van der Waals surface area contributed by atoms with E-state index < -0.39 is 35.0 Å². The number of carbonyl (C=O) groups excluding carboxylic acids is 3. The van der Waals surface area contributed by atoms with E-state index in [1.54, 1.807) is 7.05 Å². The molecule has 0 aliphatic carbocycles. The highest BCUT2D eigenvalue weighted by Crippen LogP contribution is 2.48. The number of ether oxygens (including phenoxy) is 2. The minimum atomic E-state index is -1.61. The molecule has 2 amide bonds. The summed E-state index contributed by atoms with van der Waals surface area (Å²) in [5.41, 5.74) is 0.764. The Balaban J connectivity index is 1.51. The number of amides is 2. The van der Waals surface area contributed by atoms with Crippen LogP contribution in [0.25, 0.3) is 0 Å². The van der Waals surface area contributed by atoms with Crippen LogP contribution in [0, 0.1) is 0 Å². The number of β-lactam (4-membered cyclic amide) rings is 1. The van der Waals surface area contributed by atoms with Crippen LogP contribution in [0.2, 0.25) is 0 Å². The molecule has 14 heteroatoms. The quantitative estimate of drug-likeness (QED) is 0.118. The minimum Gasteiger partial charge on any atom is -0.448 e. The van der Waals surface area contributed by atoms with E-state index in [1.165, 1.54) is 40.2 Å². The van der Waals surface area contributed by atoms with Crippen molar-refractivity contribution in [1.29, 1.82) is 0 Å². The highest BCUT2D eigenvalue weighted by atomic mass is 32.2. The van der Waals surface area contributed by atoms with Crippen LogP contribution in [0.1, 0.15) is 17.2 Å². The molecule has 2 aliphatic heterocycles. The number of carbonyl (C=O) groups is 3. The molecule has 40 heavy (non-hydrogen) atoms. The molecular formula is C26H26N6O5S3. The Hall–Kier alpha value is -3.33. The van der Waals surface area contributed by atoms with E-state index in [0.29, 0.717) is 22.2 Å². The third-order valence-electron chi connectivity index (χ3n) is 6.48. The van der Waals surface area contributed by atoms with Gasteiger partial charge in [-0.3, -0.25) is 14.5 Å². The Morgan fingerprint density at radius 3 is 2.38 bits per heavy atom. The highest BCUT2D eigenvalue weighted by molar-refractivity contribution is 8.01. The molecule has 1 fully saturated rings. The summed E-state index contributed by atoms with van der Waals surface area (Å²) in [5, 5.41) is 14.0. The number of nitrogens with one attached hydrogen (secondary N) is 1. The molecule has 3 heterocycles.